The first kappa shape index (κ1) is 105. The molecule has 1 atom stereocenters. The number of likely N-dealkylation sites (N-methyl/N-ethyl adjacent to an activating group) is 3. The van der Waals surface area contributed by atoms with E-state index in [-0.39, 0.29) is 42.5 Å². The van der Waals surface area contributed by atoms with Crippen molar-refractivity contribution in [3.8, 4) is 57.5 Å². The Labute approximate surface area is 809 Å². The van der Waals surface area contributed by atoms with Crippen molar-refractivity contribution < 1.29 is 71.0 Å². The minimum absolute atomic E-state index is 0. The molecule has 2 aromatic heterocycles. The van der Waals surface area contributed by atoms with Gasteiger partial charge in [0.15, 0.2) is 23.0 Å². The van der Waals surface area contributed by atoms with Crippen molar-refractivity contribution in [1.29, 1.82) is 0 Å². The molecule has 0 radical (unpaired) electrons. The Bertz CT molecular complexity index is 5990. The van der Waals surface area contributed by atoms with Crippen LogP contribution in [0.25, 0.3) is 68.9 Å². The molecule has 1 aliphatic heterocycles. The summed E-state index contributed by atoms with van der Waals surface area (Å²) in [6, 6.07) is 44.5. The number of ether oxygens (including phenoxy) is 10. The second-order valence-corrected chi connectivity index (χ2v) is 35.3. The van der Waals surface area contributed by atoms with Gasteiger partial charge in [-0.25, -0.2) is 9.97 Å². The summed E-state index contributed by atoms with van der Waals surface area (Å²) < 4.78 is 60.4. The number of carbonyl (C=O) groups excluding carboxylic acids is 4. The lowest BCUT2D eigenvalue weighted by atomic mass is 10.00. The second kappa shape index (κ2) is 48.1. The summed E-state index contributed by atoms with van der Waals surface area (Å²) in [6.45, 7) is 16.9. The molecule has 1 fully saturated rings. The minimum atomic E-state index is 0. The van der Waals surface area contributed by atoms with Crippen LogP contribution in [0.15, 0.2) is 179 Å². The first-order chi connectivity index (χ1) is 64.7. The van der Waals surface area contributed by atoms with Crippen molar-refractivity contribution in [3.63, 3.8) is 0 Å². The number of anilines is 2. The molecule has 26 heteroatoms. The first-order valence-corrected chi connectivity index (χ1v) is 45.4. The van der Waals surface area contributed by atoms with E-state index < -0.39 is 0 Å². The van der Waals surface area contributed by atoms with Gasteiger partial charge in [0, 0.05) is 105 Å². The molecule has 1 N–H and O–H groups in total. The maximum atomic E-state index is 13.4. The third-order valence-electron chi connectivity index (χ3n) is 25.2. The number of hydrogen-bond donors (Lipinski definition) is 1. The van der Waals surface area contributed by atoms with Crippen LogP contribution in [-0.2, 0) is 25.7 Å². The normalized spacial score (nSPS) is 15.0. The summed E-state index contributed by atoms with van der Waals surface area (Å²) in [5.41, 5.74) is 26.4. The number of aromatic nitrogens is 2. The summed E-state index contributed by atoms with van der Waals surface area (Å²) in [4.78, 5) is 74.8. The largest absolute Gasteiger partial charge is 0.497 e. The van der Waals surface area contributed by atoms with Gasteiger partial charge in [-0.3, -0.25) is 19.2 Å². The zero-order valence-corrected chi connectivity index (χ0v) is 84.8. The highest BCUT2D eigenvalue weighted by Gasteiger charge is 2.35. The standard InChI is InChI=1S/C29H36N2O5.C29H31NO6.C27H35N3O2.C25H32N4O2.ClH/c1-18-23(12-19-13-26(34-5)29(36-7)27(14-19)35-6)22-9-8-21(33-4)15-25(22)24(18)16-28(32)31-11-10-20(17-31)30(2)3;1-18-23(12-19-13-26(33-4)29(35-6)27(14-19)34-5)22-10-9-20(32-3)15-25(22)24(18)16-28(31)30(2)17-21-8-7-11-36-21;1-19-24(16-20-8-10-21(11-9-20)29(4)5)23-13-12-22(32-7)17-26(23)25(19)18-27(31)30(6)15-14-28(2)3;1-16(2)9-10-26-24(30)13-22-17(3)21(20-8-7-19(31-6)12-23(20)22)11-18-14-27-25(28-15-18)29(4)5;/h8-9,12-15,20H,10-11,16-17H2,1-7H3;7-15H,16-17H2,1-6H3;8-13,16-17H,14-15,18H2,1-7H3;7-8,11-12,14-16H,9-10,13H2,1-6H3,(H,26,30);1H/b2*23-12-;24-16-;21-11-;/t20-;;;;/m0..../s1. The molecule has 4 amide bonds. The first-order valence-electron chi connectivity index (χ1n) is 45.4. The van der Waals surface area contributed by atoms with Crippen LogP contribution >= 0.6 is 12.4 Å². The van der Waals surface area contributed by atoms with Crippen LogP contribution in [0.2, 0.25) is 0 Å². The summed E-state index contributed by atoms with van der Waals surface area (Å²) in [5.74, 6) is 8.86. The lowest BCUT2D eigenvalue weighted by Gasteiger charge is -2.21. The van der Waals surface area contributed by atoms with Gasteiger partial charge in [-0.2, -0.15) is 0 Å². The zero-order chi connectivity index (χ0) is 97.8. The summed E-state index contributed by atoms with van der Waals surface area (Å²) >= 11 is 0. The predicted octanol–water partition coefficient (Wildman–Crippen LogP) is 19.6. The van der Waals surface area contributed by atoms with E-state index in [2.05, 4.69) is 152 Å². The van der Waals surface area contributed by atoms with Crippen LogP contribution in [-0.4, -0.2) is 238 Å². The number of amides is 4. The van der Waals surface area contributed by atoms with Crippen molar-refractivity contribution in [1.82, 2.24) is 39.8 Å². The highest BCUT2D eigenvalue weighted by molar-refractivity contribution is 6.12. The van der Waals surface area contributed by atoms with Crippen LogP contribution in [0, 0.1) is 5.92 Å². The number of fused-ring (bicyclic) bond motifs is 4. The molecule has 722 valence electrons. The van der Waals surface area contributed by atoms with E-state index in [4.69, 9.17) is 51.8 Å². The number of allylic oxidation sites excluding steroid dienone is 8. The quantitative estimate of drug-likeness (QED) is 0.0402. The molecule has 7 aromatic carbocycles. The highest BCUT2D eigenvalue weighted by atomic mass is 35.5. The number of hydrogen-bond acceptors (Lipinski definition) is 21. The summed E-state index contributed by atoms with van der Waals surface area (Å²) in [6.07, 6.45) is 17.1. The van der Waals surface area contributed by atoms with Gasteiger partial charge in [0.05, 0.1) is 110 Å². The molecule has 0 unspecified atom stereocenters. The molecule has 136 heavy (non-hydrogen) atoms. The molecule has 1 saturated heterocycles. The number of furan rings is 1. The Morgan fingerprint density at radius 1 is 0.449 bits per heavy atom. The van der Waals surface area contributed by atoms with Gasteiger partial charge in [-0.05, 0) is 324 Å². The molecule has 9 aromatic rings. The van der Waals surface area contributed by atoms with Gasteiger partial charge >= 0.3 is 0 Å². The Balaban J connectivity index is 0.000000187. The number of rotatable bonds is 33. The van der Waals surface area contributed by atoms with Gasteiger partial charge in [0.25, 0.3) is 0 Å². The van der Waals surface area contributed by atoms with E-state index in [1.54, 1.807) is 89.3 Å². The van der Waals surface area contributed by atoms with Crippen LogP contribution in [0.1, 0.15) is 153 Å². The SMILES string of the molecule is COc1ccc2c(c1)C(CC(=O)N(C)CCN(C)C)=C(C)/C2=C/c1ccc(N(C)C)cc1.COc1ccc2c(c1)C(CC(=O)N(C)Cc1ccco1)=C(C)/C2=C/c1cc(OC)c(OC)c(OC)c1.COc1ccc2c(c1)C(CC(=O)N1CC[C@H](N(C)C)C1)=C(C)/C2=C/c1cc(OC)c(OC)c(OC)c1.COc1ccc2c(c1)C(CC(=O)NCCC(C)C)=C(C)/C2=C/c1cnc(N(C)C)nc1.Cl. The van der Waals surface area contributed by atoms with Crippen LogP contribution < -0.4 is 62.5 Å². The number of methoxy groups -OCH3 is 10. The van der Waals surface area contributed by atoms with E-state index >= 15 is 0 Å². The number of benzene rings is 7. The summed E-state index contributed by atoms with van der Waals surface area (Å²) in [5, 5.41) is 3.05. The maximum absolute atomic E-state index is 13.4. The lowest BCUT2D eigenvalue weighted by Crippen LogP contribution is -2.34. The molecule has 0 bridgehead atoms. The van der Waals surface area contributed by atoms with Crippen LogP contribution in [0.3, 0.4) is 0 Å². The second-order valence-electron chi connectivity index (χ2n) is 35.3. The van der Waals surface area contributed by atoms with Crippen LogP contribution in [0.4, 0.5) is 11.6 Å². The zero-order valence-electron chi connectivity index (χ0n) is 83.9. The molecule has 0 spiro atoms. The molecule has 5 aliphatic rings. The van der Waals surface area contributed by atoms with Crippen molar-refractivity contribution in [2.45, 2.75) is 92.7 Å². The minimum Gasteiger partial charge on any atom is -0.497 e. The van der Waals surface area contributed by atoms with Gasteiger partial charge in [0.2, 0.25) is 41.1 Å². The van der Waals surface area contributed by atoms with E-state index in [1.165, 1.54) is 11.3 Å². The number of nitrogens with one attached hydrogen (secondary N) is 1. The smallest absolute Gasteiger partial charge is 0.227 e. The fourth-order valence-electron chi connectivity index (χ4n) is 17.2. The van der Waals surface area contributed by atoms with E-state index in [1.807, 2.05) is 168 Å². The average molecular weight is 1870 g/mol. The third kappa shape index (κ3) is 25.2. The van der Waals surface area contributed by atoms with Crippen molar-refractivity contribution in [3.05, 3.63) is 247 Å². The molecular weight excluding hydrogens is 1740 g/mol. The fraction of sp³-hybridized carbons (Fsp3) is 0.364. The molecule has 25 nitrogen and oxygen atoms in total. The molecule has 4 aliphatic carbocycles. The molecular formula is C110H135ClN10O15. The lowest BCUT2D eigenvalue weighted by molar-refractivity contribution is -0.130. The summed E-state index contributed by atoms with van der Waals surface area (Å²) in [7, 11) is 36.0. The van der Waals surface area contributed by atoms with Crippen LogP contribution in [0.5, 0.6) is 57.5 Å². The topological polar surface area (TPSA) is 234 Å². The molecule has 3 heterocycles. The van der Waals surface area contributed by atoms with Gasteiger partial charge in [0.1, 0.15) is 28.8 Å². The molecule has 14 rings (SSSR count). The monoisotopic (exact) mass is 1870 g/mol. The van der Waals surface area contributed by atoms with Gasteiger partial charge in [-0.1, -0.05) is 50.2 Å². The van der Waals surface area contributed by atoms with E-state index in [0.29, 0.717) is 91.3 Å². The Morgan fingerprint density at radius 3 is 1.20 bits per heavy atom. The Hall–Kier alpha value is -13.5. The van der Waals surface area contributed by atoms with Gasteiger partial charge in [-0.15, -0.1) is 12.4 Å². The van der Waals surface area contributed by atoms with E-state index in [9.17, 15) is 19.2 Å². The Kier molecular flexibility index (Phi) is 37.0. The highest BCUT2D eigenvalue weighted by Crippen LogP contribution is 2.51. The number of halogens is 1. The van der Waals surface area contributed by atoms with Crippen molar-refractivity contribution in [2.75, 3.05) is 184 Å². The predicted molar refractivity (Wildman–Crippen MR) is 551 cm³/mol. The number of likely N-dealkylation sites (tertiary alicyclic amines) is 1. The maximum Gasteiger partial charge on any atom is 0.227 e. The number of nitrogens with zero attached hydrogens (tertiary/aromatic N) is 9. The number of carbonyl (C=O) groups is 4. The third-order valence-corrected chi connectivity index (χ3v) is 25.2. The van der Waals surface area contributed by atoms with Crippen molar-refractivity contribution >= 4 is 117 Å². The molecule has 0 saturated carbocycles. The fourth-order valence-corrected chi connectivity index (χ4v) is 17.2. The van der Waals surface area contributed by atoms with Crippen molar-refractivity contribution in [2.24, 2.45) is 5.92 Å². The van der Waals surface area contributed by atoms with E-state index in [0.717, 1.165) is 189 Å². The average Bonchev–Trinajstić information content (AvgIpc) is 1.63. The van der Waals surface area contributed by atoms with Gasteiger partial charge < -0.3 is 91.4 Å². The Morgan fingerprint density at radius 2 is 0.846 bits per heavy atom.